The van der Waals surface area contributed by atoms with Gasteiger partial charge >= 0.3 is 0 Å². The molecule has 0 aromatic heterocycles. The summed E-state index contributed by atoms with van der Waals surface area (Å²) >= 11 is 0. The second-order valence-electron chi connectivity index (χ2n) is 4.03. The summed E-state index contributed by atoms with van der Waals surface area (Å²) in [6.07, 6.45) is 0. The second kappa shape index (κ2) is 4.01. The molecule has 0 saturated carbocycles. The van der Waals surface area contributed by atoms with Crippen molar-refractivity contribution in [1.29, 1.82) is 0 Å². The van der Waals surface area contributed by atoms with Crippen LogP contribution in [0.4, 0.5) is 0 Å². The van der Waals surface area contributed by atoms with Gasteiger partial charge in [0, 0.05) is 11.1 Å². The molecule has 0 bridgehead atoms. The summed E-state index contributed by atoms with van der Waals surface area (Å²) in [6.45, 7) is 6.35. The van der Waals surface area contributed by atoms with Gasteiger partial charge in [-0.3, -0.25) is 0 Å². The Balaban J connectivity index is 3.27. The molecular weight excluding hydrogens is 174 g/mol. The first-order chi connectivity index (χ1) is 6.53. The molecule has 1 rings (SSSR count). The lowest BCUT2D eigenvalue weighted by molar-refractivity contribution is 0.372. The van der Waals surface area contributed by atoms with E-state index in [4.69, 9.17) is 4.74 Å². The fourth-order valence-corrected chi connectivity index (χ4v) is 1.55. The van der Waals surface area contributed by atoms with Gasteiger partial charge in [-0.15, -0.1) is 0 Å². The van der Waals surface area contributed by atoms with Crippen LogP contribution in [0.15, 0.2) is 18.2 Å². The minimum atomic E-state index is -0.0582. The molecule has 0 aliphatic heterocycles. The molecule has 14 heavy (non-hydrogen) atoms. The summed E-state index contributed by atoms with van der Waals surface area (Å²) in [7, 11) is 3.68. The van der Waals surface area contributed by atoms with E-state index in [2.05, 4.69) is 44.3 Å². The lowest BCUT2D eigenvalue weighted by atomic mass is 9.92. The predicted octanol–water partition coefficient (Wildman–Crippen LogP) is 2.46. The van der Waals surface area contributed by atoms with Gasteiger partial charge in [-0.25, -0.2) is 0 Å². The van der Waals surface area contributed by atoms with Crippen molar-refractivity contribution in [1.82, 2.24) is 5.32 Å². The van der Waals surface area contributed by atoms with Crippen LogP contribution in [0.5, 0.6) is 5.75 Å². The van der Waals surface area contributed by atoms with Crippen LogP contribution in [-0.2, 0) is 5.54 Å². The van der Waals surface area contributed by atoms with Crippen molar-refractivity contribution in [2.45, 2.75) is 26.3 Å². The molecule has 1 aromatic carbocycles. The number of methoxy groups -OCH3 is 1. The SMILES string of the molecule is CNC(C)(C)c1cccc(C)c1OC. The highest BCUT2D eigenvalue weighted by Crippen LogP contribution is 2.31. The number of ether oxygens (including phenoxy) is 1. The summed E-state index contributed by atoms with van der Waals surface area (Å²) in [4.78, 5) is 0. The fraction of sp³-hybridized carbons (Fsp3) is 0.500. The molecule has 0 radical (unpaired) electrons. The molecule has 0 aliphatic rings. The highest BCUT2D eigenvalue weighted by atomic mass is 16.5. The molecule has 1 N–H and O–H groups in total. The molecule has 0 heterocycles. The van der Waals surface area contributed by atoms with Crippen LogP contribution in [0.25, 0.3) is 0 Å². The van der Waals surface area contributed by atoms with Crippen LogP contribution >= 0.6 is 0 Å². The highest BCUT2D eigenvalue weighted by molar-refractivity contribution is 5.44. The van der Waals surface area contributed by atoms with Crippen LogP contribution < -0.4 is 10.1 Å². The molecule has 78 valence electrons. The zero-order valence-electron chi connectivity index (χ0n) is 9.64. The topological polar surface area (TPSA) is 21.3 Å². The average molecular weight is 193 g/mol. The van der Waals surface area contributed by atoms with E-state index in [9.17, 15) is 0 Å². The summed E-state index contributed by atoms with van der Waals surface area (Å²) in [5.74, 6) is 0.979. The first-order valence-electron chi connectivity index (χ1n) is 4.86. The smallest absolute Gasteiger partial charge is 0.126 e. The molecule has 0 amide bonds. The van der Waals surface area contributed by atoms with Crippen molar-refractivity contribution in [3.63, 3.8) is 0 Å². The van der Waals surface area contributed by atoms with Crippen LogP contribution in [0.2, 0.25) is 0 Å². The van der Waals surface area contributed by atoms with Crippen LogP contribution in [0.1, 0.15) is 25.0 Å². The number of rotatable bonds is 3. The third-order valence-corrected chi connectivity index (χ3v) is 2.71. The maximum Gasteiger partial charge on any atom is 0.126 e. The number of benzene rings is 1. The van der Waals surface area contributed by atoms with Gasteiger partial charge < -0.3 is 10.1 Å². The maximum atomic E-state index is 5.42. The van der Waals surface area contributed by atoms with Crippen molar-refractivity contribution in [2.75, 3.05) is 14.2 Å². The summed E-state index contributed by atoms with van der Waals surface area (Å²) in [5, 5.41) is 3.28. The van der Waals surface area contributed by atoms with Crippen molar-refractivity contribution in [3.05, 3.63) is 29.3 Å². The monoisotopic (exact) mass is 193 g/mol. The van der Waals surface area contributed by atoms with Gasteiger partial charge in [-0.05, 0) is 33.4 Å². The number of hydrogen-bond acceptors (Lipinski definition) is 2. The Morgan fingerprint density at radius 1 is 1.29 bits per heavy atom. The van der Waals surface area contributed by atoms with E-state index < -0.39 is 0 Å². The predicted molar refractivity (Wildman–Crippen MR) is 59.8 cm³/mol. The Morgan fingerprint density at radius 2 is 1.93 bits per heavy atom. The summed E-state index contributed by atoms with van der Waals surface area (Å²) < 4.78 is 5.42. The van der Waals surface area contributed by atoms with E-state index in [1.54, 1.807) is 7.11 Å². The number of para-hydroxylation sites is 1. The Kier molecular flexibility index (Phi) is 3.17. The fourth-order valence-electron chi connectivity index (χ4n) is 1.55. The average Bonchev–Trinajstić information content (AvgIpc) is 2.17. The number of nitrogens with one attached hydrogen (secondary N) is 1. The first kappa shape index (κ1) is 11.1. The van der Waals surface area contributed by atoms with E-state index in [1.165, 1.54) is 11.1 Å². The van der Waals surface area contributed by atoms with E-state index in [1.807, 2.05) is 7.05 Å². The number of aryl methyl sites for hydroxylation is 1. The van der Waals surface area contributed by atoms with Crippen LogP contribution in [0.3, 0.4) is 0 Å². The first-order valence-corrected chi connectivity index (χ1v) is 4.86. The van der Waals surface area contributed by atoms with Crippen molar-refractivity contribution < 1.29 is 4.74 Å². The quantitative estimate of drug-likeness (QED) is 0.796. The van der Waals surface area contributed by atoms with Gasteiger partial charge in [-0.2, -0.15) is 0 Å². The van der Waals surface area contributed by atoms with Gasteiger partial charge in [0.1, 0.15) is 5.75 Å². The second-order valence-corrected chi connectivity index (χ2v) is 4.03. The largest absolute Gasteiger partial charge is 0.496 e. The van der Waals surface area contributed by atoms with E-state index in [0.717, 1.165) is 5.75 Å². The molecule has 0 unspecified atom stereocenters. The van der Waals surface area contributed by atoms with Crippen molar-refractivity contribution in [3.8, 4) is 5.75 Å². The molecule has 2 nitrogen and oxygen atoms in total. The van der Waals surface area contributed by atoms with Gasteiger partial charge in [0.25, 0.3) is 0 Å². The highest BCUT2D eigenvalue weighted by Gasteiger charge is 2.22. The maximum absolute atomic E-state index is 5.42. The van der Waals surface area contributed by atoms with E-state index in [-0.39, 0.29) is 5.54 Å². The Hall–Kier alpha value is -1.02. The van der Waals surface area contributed by atoms with Crippen LogP contribution in [-0.4, -0.2) is 14.2 Å². The van der Waals surface area contributed by atoms with Gasteiger partial charge in [0.2, 0.25) is 0 Å². The van der Waals surface area contributed by atoms with Crippen molar-refractivity contribution in [2.24, 2.45) is 0 Å². The lowest BCUT2D eigenvalue weighted by Crippen LogP contribution is -2.33. The number of hydrogen-bond donors (Lipinski definition) is 1. The van der Waals surface area contributed by atoms with Gasteiger partial charge in [-0.1, -0.05) is 18.2 Å². The molecule has 0 fully saturated rings. The normalized spacial score (nSPS) is 11.5. The Bertz CT molecular complexity index is 318. The molecule has 0 aliphatic carbocycles. The van der Waals surface area contributed by atoms with Gasteiger partial charge in [0.05, 0.1) is 7.11 Å². The lowest BCUT2D eigenvalue weighted by Gasteiger charge is -2.27. The molecule has 2 heteroatoms. The molecule has 0 atom stereocenters. The van der Waals surface area contributed by atoms with E-state index >= 15 is 0 Å². The minimum absolute atomic E-state index is 0.0582. The van der Waals surface area contributed by atoms with Gasteiger partial charge in [0.15, 0.2) is 0 Å². The van der Waals surface area contributed by atoms with Crippen molar-refractivity contribution >= 4 is 0 Å². The zero-order chi connectivity index (χ0) is 10.8. The summed E-state index contributed by atoms with van der Waals surface area (Å²) in [5.41, 5.74) is 2.31. The molecule has 0 saturated heterocycles. The Labute approximate surface area is 86.3 Å². The molecule has 1 aromatic rings. The standard InChI is InChI=1S/C12H19NO/c1-9-7-6-8-10(11(9)14-5)12(2,3)13-4/h6-8,13H,1-5H3. The zero-order valence-corrected chi connectivity index (χ0v) is 9.64. The van der Waals surface area contributed by atoms with E-state index in [0.29, 0.717) is 0 Å². The third kappa shape index (κ3) is 1.90. The minimum Gasteiger partial charge on any atom is -0.496 e. The molecule has 0 spiro atoms. The third-order valence-electron chi connectivity index (χ3n) is 2.71. The molecular formula is C12H19NO. The Morgan fingerprint density at radius 3 is 2.43 bits per heavy atom. The summed E-state index contributed by atoms with van der Waals surface area (Å²) in [6, 6.07) is 6.22. The van der Waals surface area contributed by atoms with Crippen LogP contribution in [0, 0.1) is 6.92 Å².